The van der Waals surface area contributed by atoms with Gasteiger partial charge in [0, 0.05) is 43.3 Å². The molecule has 7 nitrogen and oxygen atoms in total. The van der Waals surface area contributed by atoms with Crippen molar-refractivity contribution in [3.63, 3.8) is 0 Å². The number of ether oxygens (including phenoxy) is 1. The lowest BCUT2D eigenvalue weighted by Gasteiger charge is -2.39. The second-order valence-corrected chi connectivity index (χ2v) is 12.5. The highest BCUT2D eigenvalue weighted by Crippen LogP contribution is 2.31. The maximum atomic E-state index is 13.5. The number of piperidine rings is 1. The van der Waals surface area contributed by atoms with E-state index in [4.69, 9.17) is 16.3 Å². The number of benzene rings is 2. The molecule has 2 saturated heterocycles. The fourth-order valence-electron chi connectivity index (χ4n) is 5.88. The van der Waals surface area contributed by atoms with Crippen molar-refractivity contribution >= 4 is 27.7 Å². The van der Waals surface area contributed by atoms with Crippen LogP contribution in [0.2, 0.25) is 5.02 Å². The van der Waals surface area contributed by atoms with Gasteiger partial charge in [0.05, 0.1) is 10.9 Å². The van der Waals surface area contributed by atoms with Gasteiger partial charge in [0.2, 0.25) is 10.0 Å². The lowest BCUT2D eigenvalue weighted by atomic mass is 9.98. The van der Waals surface area contributed by atoms with Gasteiger partial charge in [-0.3, -0.25) is 4.90 Å². The fourth-order valence-corrected chi connectivity index (χ4v) is 7.86. The van der Waals surface area contributed by atoms with E-state index in [2.05, 4.69) is 29.2 Å². The smallest absolute Gasteiger partial charge is 0.409 e. The maximum absolute atomic E-state index is 13.5. The van der Waals surface area contributed by atoms with E-state index >= 15 is 0 Å². The number of sulfonamides is 1. The summed E-state index contributed by atoms with van der Waals surface area (Å²) in [5, 5.41) is 0.490. The van der Waals surface area contributed by atoms with Gasteiger partial charge in [0.15, 0.2) is 0 Å². The van der Waals surface area contributed by atoms with Crippen molar-refractivity contribution in [3.8, 4) is 0 Å². The van der Waals surface area contributed by atoms with Crippen LogP contribution >= 0.6 is 11.6 Å². The first-order chi connectivity index (χ1) is 17.3. The number of halogens is 1. The third kappa shape index (κ3) is 5.28. The number of fused-ring (bicyclic) bond motifs is 1. The predicted octanol–water partition coefficient (Wildman–Crippen LogP) is 4.54. The second-order valence-electron chi connectivity index (χ2n) is 10.2. The number of rotatable bonds is 5. The number of likely N-dealkylation sites (tertiary alicyclic amines) is 1. The summed E-state index contributed by atoms with van der Waals surface area (Å²) in [6.45, 7) is 5.21. The van der Waals surface area contributed by atoms with Crippen molar-refractivity contribution in [2.75, 3.05) is 26.2 Å². The van der Waals surface area contributed by atoms with Crippen LogP contribution in [-0.4, -0.2) is 73.0 Å². The van der Waals surface area contributed by atoms with E-state index < -0.39 is 10.0 Å². The minimum Gasteiger partial charge on any atom is -0.448 e. The van der Waals surface area contributed by atoms with Crippen molar-refractivity contribution in [2.24, 2.45) is 0 Å². The molecule has 0 saturated carbocycles. The highest BCUT2D eigenvalue weighted by atomic mass is 35.5. The van der Waals surface area contributed by atoms with Crippen LogP contribution in [0.1, 0.15) is 43.7 Å². The summed E-state index contributed by atoms with van der Waals surface area (Å²) < 4.78 is 34.2. The molecule has 2 fully saturated rings. The van der Waals surface area contributed by atoms with E-state index in [1.807, 2.05) is 6.92 Å². The Balaban J connectivity index is 1.19. The molecule has 3 aliphatic rings. The fraction of sp³-hybridized carbons (Fsp3) is 0.519. The van der Waals surface area contributed by atoms with Gasteiger partial charge in [0.25, 0.3) is 0 Å². The average Bonchev–Trinajstić information content (AvgIpc) is 3.38. The Morgan fingerprint density at radius 1 is 1.03 bits per heavy atom. The van der Waals surface area contributed by atoms with Crippen LogP contribution in [0.25, 0.3) is 0 Å². The Morgan fingerprint density at radius 3 is 2.56 bits per heavy atom. The van der Waals surface area contributed by atoms with E-state index in [0.717, 1.165) is 38.8 Å². The number of nitrogens with zero attached hydrogens (tertiary/aromatic N) is 3. The Morgan fingerprint density at radius 2 is 1.78 bits per heavy atom. The molecule has 0 aromatic heterocycles. The maximum Gasteiger partial charge on any atom is 0.409 e. The number of hydrogen-bond acceptors (Lipinski definition) is 5. The van der Waals surface area contributed by atoms with Crippen molar-refractivity contribution in [3.05, 3.63) is 64.7 Å². The lowest BCUT2D eigenvalue weighted by Crippen LogP contribution is -2.51. The van der Waals surface area contributed by atoms with Crippen LogP contribution in [0.3, 0.4) is 0 Å². The van der Waals surface area contributed by atoms with Crippen LogP contribution in [0.4, 0.5) is 4.79 Å². The summed E-state index contributed by atoms with van der Waals surface area (Å²) in [6.07, 6.45) is 3.96. The summed E-state index contributed by atoms with van der Waals surface area (Å²) in [7, 11) is -3.73. The molecule has 3 atom stereocenters. The summed E-state index contributed by atoms with van der Waals surface area (Å²) in [5.74, 6) is 0. The third-order valence-electron chi connectivity index (χ3n) is 7.84. The van der Waals surface area contributed by atoms with E-state index in [-0.39, 0.29) is 29.7 Å². The number of carbonyl (C=O) groups excluding carboxylic acids is 1. The van der Waals surface area contributed by atoms with Crippen LogP contribution < -0.4 is 0 Å². The Hall–Kier alpha value is -2.13. The van der Waals surface area contributed by atoms with Crippen molar-refractivity contribution in [1.82, 2.24) is 14.1 Å². The first-order valence-corrected chi connectivity index (χ1v) is 14.7. The predicted molar refractivity (Wildman–Crippen MR) is 139 cm³/mol. The number of amides is 1. The molecule has 0 aliphatic carbocycles. The van der Waals surface area contributed by atoms with Gasteiger partial charge in [-0.15, -0.1) is 0 Å². The molecule has 36 heavy (non-hydrogen) atoms. The van der Waals surface area contributed by atoms with Gasteiger partial charge >= 0.3 is 6.09 Å². The van der Waals surface area contributed by atoms with E-state index in [1.165, 1.54) is 27.6 Å². The second kappa shape index (κ2) is 10.7. The molecule has 1 unspecified atom stereocenters. The first-order valence-electron chi connectivity index (χ1n) is 12.8. The molecule has 194 valence electrons. The largest absolute Gasteiger partial charge is 0.448 e. The molecule has 0 radical (unpaired) electrons. The topological polar surface area (TPSA) is 70.2 Å². The van der Waals surface area contributed by atoms with Gasteiger partial charge in [-0.1, -0.05) is 42.3 Å². The van der Waals surface area contributed by atoms with Gasteiger partial charge in [0.1, 0.15) is 6.61 Å². The van der Waals surface area contributed by atoms with Gasteiger partial charge in [-0.25, -0.2) is 13.2 Å². The van der Waals surface area contributed by atoms with Crippen LogP contribution in [0, 0.1) is 0 Å². The van der Waals surface area contributed by atoms with E-state index in [1.54, 1.807) is 17.0 Å². The molecule has 9 heteroatoms. The molecule has 3 aliphatic heterocycles. The Kier molecular flexibility index (Phi) is 7.58. The zero-order valence-electron chi connectivity index (χ0n) is 20.7. The summed E-state index contributed by atoms with van der Waals surface area (Å²) >= 11 is 5.96. The summed E-state index contributed by atoms with van der Waals surface area (Å²) in [5.41, 5.74) is 2.79. The van der Waals surface area contributed by atoms with Crippen LogP contribution in [-0.2, 0) is 27.7 Å². The van der Waals surface area contributed by atoms with Crippen molar-refractivity contribution < 1.29 is 17.9 Å². The minimum absolute atomic E-state index is 0.0637. The zero-order chi connectivity index (χ0) is 25.3. The molecule has 0 spiro atoms. The minimum atomic E-state index is -3.73. The van der Waals surface area contributed by atoms with Crippen LogP contribution in [0.5, 0.6) is 0 Å². The SMILES string of the molecule is C[C@@H]1CCC[C@H](COC(=O)N2CCC(N3CCc4ccccc4C3)C2)N1S(=O)(=O)c1ccc(Cl)cc1. The Labute approximate surface area is 219 Å². The highest BCUT2D eigenvalue weighted by molar-refractivity contribution is 7.89. The molecule has 2 aromatic carbocycles. The van der Waals surface area contributed by atoms with Crippen molar-refractivity contribution in [2.45, 2.75) is 68.6 Å². The lowest BCUT2D eigenvalue weighted by molar-refractivity contribution is 0.0669. The van der Waals surface area contributed by atoms with Gasteiger partial charge in [-0.2, -0.15) is 4.31 Å². The molecule has 0 bridgehead atoms. The Bertz CT molecular complexity index is 1190. The van der Waals surface area contributed by atoms with Crippen molar-refractivity contribution in [1.29, 1.82) is 0 Å². The third-order valence-corrected chi connectivity index (χ3v) is 10.2. The molecule has 2 aromatic rings. The highest BCUT2D eigenvalue weighted by Gasteiger charge is 2.39. The zero-order valence-corrected chi connectivity index (χ0v) is 22.3. The molecule has 3 heterocycles. The summed E-state index contributed by atoms with van der Waals surface area (Å²) in [6, 6.07) is 14.6. The molecule has 1 amide bonds. The van der Waals surface area contributed by atoms with Crippen LogP contribution in [0.15, 0.2) is 53.4 Å². The summed E-state index contributed by atoms with van der Waals surface area (Å²) in [4.78, 5) is 17.4. The monoisotopic (exact) mass is 531 g/mol. The van der Waals surface area contributed by atoms with Gasteiger partial charge < -0.3 is 9.64 Å². The molecular weight excluding hydrogens is 498 g/mol. The number of hydrogen-bond donors (Lipinski definition) is 0. The molecular formula is C27H34ClN3O4S. The normalized spacial score (nSPS) is 25.5. The quantitative estimate of drug-likeness (QED) is 0.566. The average molecular weight is 532 g/mol. The number of carbonyl (C=O) groups is 1. The van der Waals surface area contributed by atoms with E-state index in [0.29, 0.717) is 30.6 Å². The first kappa shape index (κ1) is 25.5. The van der Waals surface area contributed by atoms with Gasteiger partial charge in [-0.05, 0) is 68.0 Å². The molecule has 5 rings (SSSR count). The standard InChI is InChI=1S/C27H34ClN3O4S/c1-20-5-4-8-25(31(20)36(33,34)26-11-9-23(28)10-12-26)19-35-27(32)30-16-14-24(18-30)29-15-13-21-6-2-3-7-22(21)17-29/h2-3,6-7,9-12,20,24-25H,4-5,8,13-19H2,1H3/t20-,24?,25-/m1/s1. The molecule has 0 N–H and O–H groups in total. The van der Waals surface area contributed by atoms with E-state index in [9.17, 15) is 13.2 Å².